The summed E-state index contributed by atoms with van der Waals surface area (Å²) in [6.45, 7) is 10.7. The normalized spacial score (nSPS) is 30.9. The van der Waals surface area contributed by atoms with E-state index < -0.39 is 0 Å². The van der Waals surface area contributed by atoms with Crippen molar-refractivity contribution < 1.29 is 0 Å². The molecule has 1 saturated heterocycles. The van der Waals surface area contributed by atoms with E-state index in [4.69, 9.17) is 11.6 Å². The molecule has 1 aliphatic rings. The molecule has 12 heavy (non-hydrogen) atoms. The van der Waals surface area contributed by atoms with E-state index in [0.29, 0.717) is 11.9 Å². The molecule has 0 saturated carbocycles. The SMILES string of the molecule is C=C(CCl)CN1CC(C)CC1C. The van der Waals surface area contributed by atoms with Crippen molar-refractivity contribution in [3.8, 4) is 0 Å². The fraction of sp³-hybridized carbons (Fsp3) is 0.800. The Hall–Kier alpha value is -0.0100. The van der Waals surface area contributed by atoms with Crippen LogP contribution in [0.15, 0.2) is 12.2 Å². The highest BCUT2D eigenvalue weighted by molar-refractivity contribution is 6.19. The van der Waals surface area contributed by atoms with Crippen molar-refractivity contribution in [2.24, 2.45) is 5.92 Å². The number of likely N-dealkylation sites (tertiary alicyclic amines) is 1. The third-order valence-electron chi connectivity index (χ3n) is 2.53. The lowest BCUT2D eigenvalue weighted by Gasteiger charge is -2.21. The number of rotatable bonds is 3. The van der Waals surface area contributed by atoms with Gasteiger partial charge in [0.15, 0.2) is 0 Å². The fourth-order valence-electron chi connectivity index (χ4n) is 1.94. The van der Waals surface area contributed by atoms with Gasteiger partial charge in [-0.15, -0.1) is 11.6 Å². The highest BCUT2D eigenvalue weighted by atomic mass is 35.5. The highest BCUT2D eigenvalue weighted by Gasteiger charge is 2.25. The van der Waals surface area contributed by atoms with Gasteiger partial charge in [-0.05, 0) is 24.8 Å². The van der Waals surface area contributed by atoms with Gasteiger partial charge in [-0.3, -0.25) is 4.90 Å². The van der Waals surface area contributed by atoms with Gasteiger partial charge in [-0.2, -0.15) is 0 Å². The van der Waals surface area contributed by atoms with E-state index in [1.165, 1.54) is 13.0 Å². The predicted molar refractivity (Wildman–Crippen MR) is 54.7 cm³/mol. The van der Waals surface area contributed by atoms with E-state index >= 15 is 0 Å². The third kappa shape index (κ3) is 2.49. The Balaban J connectivity index is 2.37. The second kappa shape index (κ2) is 4.29. The summed E-state index contributed by atoms with van der Waals surface area (Å²) >= 11 is 5.69. The maximum atomic E-state index is 5.69. The second-order valence-corrected chi connectivity index (χ2v) is 4.27. The molecule has 0 bridgehead atoms. The van der Waals surface area contributed by atoms with Crippen LogP contribution in [0.1, 0.15) is 20.3 Å². The summed E-state index contributed by atoms with van der Waals surface area (Å²) in [4.78, 5) is 2.47. The van der Waals surface area contributed by atoms with Crippen molar-refractivity contribution >= 4 is 11.6 Å². The van der Waals surface area contributed by atoms with Crippen LogP contribution in [-0.2, 0) is 0 Å². The molecule has 0 N–H and O–H groups in total. The van der Waals surface area contributed by atoms with Crippen LogP contribution in [0.3, 0.4) is 0 Å². The van der Waals surface area contributed by atoms with E-state index in [0.717, 1.165) is 18.0 Å². The molecular formula is C10H18ClN. The van der Waals surface area contributed by atoms with E-state index in [1.807, 2.05) is 0 Å². The topological polar surface area (TPSA) is 3.24 Å². The van der Waals surface area contributed by atoms with Gasteiger partial charge < -0.3 is 0 Å². The molecule has 1 rings (SSSR count). The summed E-state index contributed by atoms with van der Waals surface area (Å²) in [5.41, 5.74) is 1.14. The van der Waals surface area contributed by atoms with E-state index in [-0.39, 0.29) is 0 Å². The van der Waals surface area contributed by atoms with Crippen LogP contribution < -0.4 is 0 Å². The molecule has 0 amide bonds. The minimum absolute atomic E-state index is 0.595. The van der Waals surface area contributed by atoms with Gasteiger partial charge >= 0.3 is 0 Å². The molecule has 0 spiro atoms. The summed E-state index contributed by atoms with van der Waals surface area (Å²) in [7, 11) is 0. The van der Waals surface area contributed by atoms with Gasteiger partial charge in [-0.25, -0.2) is 0 Å². The molecule has 2 atom stereocenters. The van der Waals surface area contributed by atoms with Crippen molar-refractivity contribution in [3.63, 3.8) is 0 Å². The molecule has 2 unspecified atom stereocenters. The van der Waals surface area contributed by atoms with E-state index in [2.05, 4.69) is 25.3 Å². The van der Waals surface area contributed by atoms with Gasteiger partial charge in [0.1, 0.15) is 0 Å². The minimum Gasteiger partial charge on any atom is -0.296 e. The lowest BCUT2D eigenvalue weighted by molar-refractivity contribution is 0.288. The number of halogens is 1. The van der Waals surface area contributed by atoms with Gasteiger partial charge in [0.2, 0.25) is 0 Å². The maximum absolute atomic E-state index is 5.69. The van der Waals surface area contributed by atoms with Crippen LogP contribution in [0.2, 0.25) is 0 Å². The number of alkyl halides is 1. The summed E-state index contributed by atoms with van der Waals surface area (Å²) in [5.74, 6) is 1.43. The third-order valence-corrected chi connectivity index (χ3v) is 2.91. The summed E-state index contributed by atoms with van der Waals surface area (Å²) in [5, 5.41) is 0. The van der Waals surface area contributed by atoms with Crippen LogP contribution in [0.4, 0.5) is 0 Å². The Morgan fingerprint density at radius 1 is 1.58 bits per heavy atom. The Labute approximate surface area is 80.4 Å². The largest absolute Gasteiger partial charge is 0.296 e. The van der Waals surface area contributed by atoms with Gasteiger partial charge in [0.05, 0.1) is 0 Å². The first kappa shape index (κ1) is 10.1. The molecule has 0 aromatic carbocycles. The average molecular weight is 188 g/mol. The Morgan fingerprint density at radius 3 is 2.67 bits per heavy atom. The van der Waals surface area contributed by atoms with Crippen LogP contribution in [0, 0.1) is 5.92 Å². The number of hydrogen-bond acceptors (Lipinski definition) is 1. The van der Waals surface area contributed by atoms with Crippen molar-refractivity contribution in [1.29, 1.82) is 0 Å². The van der Waals surface area contributed by atoms with Crippen LogP contribution in [0.5, 0.6) is 0 Å². The van der Waals surface area contributed by atoms with Gasteiger partial charge in [0.25, 0.3) is 0 Å². The maximum Gasteiger partial charge on any atom is 0.0443 e. The van der Waals surface area contributed by atoms with Crippen LogP contribution in [0.25, 0.3) is 0 Å². The van der Waals surface area contributed by atoms with Crippen LogP contribution in [-0.4, -0.2) is 29.9 Å². The quantitative estimate of drug-likeness (QED) is 0.485. The van der Waals surface area contributed by atoms with E-state index in [1.54, 1.807) is 0 Å². The zero-order valence-electron chi connectivity index (χ0n) is 8.02. The van der Waals surface area contributed by atoms with Crippen molar-refractivity contribution in [3.05, 3.63) is 12.2 Å². The lowest BCUT2D eigenvalue weighted by Crippen LogP contribution is -2.29. The fourth-order valence-corrected chi connectivity index (χ4v) is 2.02. The average Bonchev–Trinajstić information content (AvgIpc) is 2.30. The summed E-state index contributed by atoms with van der Waals surface area (Å²) in [6, 6.07) is 0.708. The molecule has 0 radical (unpaired) electrons. The van der Waals surface area contributed by atoms with Crippen molar-refractivity contribution in [1.82, 2.24) is 4.90 Å². The second-order valence-electron chi connectivity index (χ2n) is 4.00. The zero-order chi connectivity index (χ0) is 9.14. The summed E-state index contributed by atoms with van der Waals surface area (Å²) < 4.78 is 0. The van der Waals surface area contributed by atoms with Crippen LogP contribution >= 0.6 is 11.6 Å². The first-order valence-electron chi connectivity index (χ1n) is 4.60. The van der Waals surface area contributed by atoms with Gasteiger partial charge in [0, 0.05) is 25.0 Å². The highest BCUT2D eigenvalue weighted by Crippen LogP contribution is 2.22. The molecule has 70 valence electrons. The molecule has 1 fully saturated rings. The van der Waals surface area contributed by atoms with Gasteiger partial charge in [-0.1, -0.05) is 13.5 Å². The summed E-state index contributed by atoms with van der Waals surface area (Å²) in [6.07, 6.45) is 1.32. The molecule has 2 heteroatoms. The molecule has 0 aromatic rings. The van der Waals surface area contributed by atoms with E-state index in [9.17, 15) is 0 Å². The molecule has 0 aliphatic carbocycles. The number of hydrogen-bond donors (Lipinski definition) is 0. The Kier molecular flexibility index (Phi) is 3.60. The predicted octanol–water partition coefficient (Wildman–Crippen LogP) is 2.51. The van der Waals surface area contributed by atoms with Crippen molar-refractivity contribution in [2.75, 3.05) is 19.0 Å². The Bertz CT molecular complexity index is 167. The minimum atomic E-state index is 0.595. The monoisotopic (exact) mass is 187 g/mol. The molecule has 1 heterocycles. The number of nitrogens with zero attached hydrogens (tertiary/aromatic N) is 1. The lowest BCUT2D eigenvalue weighted by atomic mass is 10.1. The first-order valence-corrected chi connectivity index (χ1v) is 5.13. The zero-order valence-corrected chi connectivity index (χ0v) is 8.77. The first-order chi connectivity index (χ1) is 5.63. The Morgan fingerprint density at radius 2 is 2.25 bits per heavy atom. The molecular weight excluding hydrogens is 170 g/mol. The molecule has 0 aromatic heterocycles. The van der Waals surface area contributed by atoms with Crippen molar-refractivity contribution in [2.45, 2.75) is 26.3 Å². The smallest absolute Gasteiger partial charge is 0.0443 e. The molecule has 1 nitrogen and oxygen atoms in total. The standard InChI is InChI=1S/C10H18ClN/c1-8-4-10(3)12(6-8)7-9(2)5-11/h8,10H,2,4-7H2,1,3H3. The molecule has 1 aliphatic heterocycles.